The number of hydrogen-bond donors (Lipinski definition) is 3. The van der Waals surface area contributed by atoms with Crippen LogP contribution in [0.4, 0.5) is 0 Å². The first kappa shape index (κ1) is 14.9. The van der Waals surface area contributed by atoms with Crippen molar-refractivity contribution in [2.24, 2.45) is 16.8 Å². The molecule has 0 aromatic heterocycles. The van der Waals surface area contributed by atoms with Gasteiger partial charge in [-0.15, -0.1) is 0 Å². The fourth-order valence-electron chi connectivity index (χ4n) is 2.29. The first-order valence-corrected chi connectivity index (χ1v) is 7.36. The lowest BCUT2D eigenvalue weighted by Crippen LogP contribution is -2.41. The molecule has 1 aliphatic heterocycles. The van der Waals surface area contributed by atoms with Crippen molar-refractivity contribution in [1.29, 1.82) is 0 Å². The number of nitrogens with two attached hydrogens (primary N) is 1. The van der Waals surface area contributed by atoms with Crippen LogP contribution >= 0.6 is 22.6 Å². The third-order valence-corrected chi connectivity index (χ3v) is 4.42. The summed E-state index contributed by atoms with van der Waals surface area (Å²) in [5.74, 6) is 0.260. The number of piperidine rings is 1. The lowest BCUT2D eigenvalue weighted by molar-refractivity contribution is 0.0708. The number of carbonyl (C=O) groups excluding carboxylic acids is 1. The van der Waals surface area contributed by atoms with E-state index < -0.39 is 0 Å². The molecule has 0 radical (unpaired) electrons. The normalized spacial score (nSPS) is 17.2. The first-order valence-electron chi connectivity index (χ1n) is 6.28. The Labute approximate surface area is 130 Å². The molecule has 1 aliphatic rings. The zero-order chi connectivity index (χ0) is 14.7. The van der Waals surface area contributed by atoms with E-state index in [4.69, 9.17) is 10.9 Å². The number of carbonyl (C=O) groups is 1. The summed E-state index contributed by atoms with van der Waals surface area (Å²) in [6, 6.07) is 4.91. The van der Waals surface area contributed by atoms with Gasteiger partial charge in [0.2, 0.25) is 0 Å². The van der Waals surface area contributed by atoms with Crippen LogP contribution in [0.2, 0.25) is 0 Å². The number of oxime groups is 1. The van der Waals surface area contributed by atoms with Gasteiger partial charge in [-0.25, -0.2) is 0 Å². The van der Waals surface area contributed by atoms with E-state index in [1.165, 1.54) is 6.07 Å². The van der Waals surface area contributed by atoms with Crippen LogP contribution in [0.3, 0.4) is 0 Å². The monoisotopic (exact) mass is 389 g/mol. The van der Waals surface area contributed by atoms with E-state index in [1.54, 1.807) is 17.0 Å². The molecule has 108 valence electrons. The molecule has 0 bridgehead atoms. The van der Waals surface area contributed by atoms with Crippen molar-refractivity contribution in [1.82, 2.24) is 4.90 Å². The third-order valence-electron chi connectivity index (χ3n) is 3.51. The summed E-state index contributed by atoms with van der Waals surface area (Å²) in [7, 11) is 0. The molecule has 6 nitrogen and oxygen atoms in total. The van der Waals surface area contributed by atoms with Gasteiger partial charge in [0, 0.05) is 24.6 Å². The Morgan fingerprint density at radius 3 is 2.60 bits per heavy atom. The lowest BCUT2D eigenvalue weighted by Gasteiger charge is -2.31. The number of likely N-dealkylation sites (tertiary alicyclic amines) is 1. The topological polar surface area (TPSA) is 99.2 Å². The summed E-state index contributed by atoms with van der Waals surface area (Å²) in [5.41, 5.74) is 6.06. The van der Waals surface area contributed by atoms with E-state index in [0.717, 1.165) is 0 Å². The van der Waals surface area contributed by atoms with Crippen molar-refractivity contribution in [3.05, 3.63) is 27.3 Å². The highest BCUT2D eigenvalue weighted by Crippen LogP contribution is 2.23. The van der Waals surface area contributed by atoms with Gasteiger partial charge in [0.15, 0.2) is 0 Å². The minimum Gasteiger partial charge on any atom is -0.507 e. The highest BCUT2D eigenvalue weighted by Gasteiger charge is 2.26. The van der Waals surface area contributed by atoms with E-state index in [0.29, 0.717) is 35.1 Å². The van der Waals surface area contributed by atoms with Gasteiger partial charge < -0.3 is 20.9 Å². The number of phenolic OH excluding ortho intramolecular Hbond substituents is 1. The summed E-state index contributed by atoms with van der Waals surface area (Å²) >= 11 is 2.01. The Hall–Kier alpha value is -1.51. The summed E-state index contributed by atoms with van der Waals surface area (Å²) < 4.78 is 0.713. The molecule has 1 fully saturated rings. The SMILES string of the molecule is N/C(=N/O)C1CCN(C(=O)c2ccc(I)c(O)c2)CC1. The van der Waals surface area contributed by atoms with Crippen molar-refractivity contribution in [2.75, 3.05) is 13.1 Å². The molecule has 1 aromatic carbocycles. The van der Waals surface area contributed by atoms with E-state index in [9.17, 15) is 9.90 Å². The van der Waals surface area contributed by atoms with Gasteiger partial charge in [-0.05, 0) is 53.6 Å². The molecule has 7 heteroatoms. The summed E-state index contributed by atoms with van der Waals surface area (Å²) in [5, 5.41) is 21.3. The van der Waals surface area contributed by atoms with Crippen LogP contribution in [-0.2, 0) is 0 Å². The maximum absolute atomic E-state index is 12.3. The molecule has 0 aliphatic carbocycles. The van der Waals surface area contributed by atoms with Crippen molar-refractivity contribution < 1.29 is 15.1 Å². The van der Waals surface area contributed by atoms with E-state index >= 15 is 0 Å². The van der Waals surface area contributed by atoms with Gasteiger partial charge in [-0.1, -0.05) is 5.16 Å². The predicted molar refractivity (Wildman–Crippen MR) is 82.9 cm³/mol. The van der Waals surface area contributed by atoms with E-state index in [2.05, 4.69) is 5.16 Å². The van der Waals surface area contributed by atoms with Crippen molar-refractivity contribution in [3.8, 4) is 5.75 Å². The Bertz CT molecular complexity index is 540. The molecule has 4 N–H and O–H groups in total. The van der Waals surface area contributed by atoms with Gasteiger partial charge in [0.1, 0.15) is 11.6 Å². The number of halogens is 1. The number of aromatic hydroxyl groups is 1. The van der Waals surface area contributed by atoms with Gasteiger partial charge in [-0.2, -0.15) is 0 Å². The Morgan fingerprint density at radius 1 is 1.40 bits per heavy atom. The molecule has 1 amide bonds. The Morgan fingerprint density at radius 2 is 2.05 bits per heavy atom. The molecule has 0 unspecified atom stereocenters. The number of phenols is 1. The fraction of sp³-hybridized carbons (Fsp3) is 0.385. The first-order chi connectivity index (χ1) is 9.52. The summed E-state index contributed by atoms with van der Waals surface area (Å²) in [6.45, 7) is 1.12. The number of rotatable bonds is 2. The molecule has 1 aromatic rings. The number of hydrogen-bond acceptors (Lipinski definition) is 4. The van der Waals surface area contributed by atoms with Crippen LogP contribution in [0, 0.1) is 9.49 Å². The number of amides is 1. The molecule has 0 atom stereocenters. The molecule has 20 heavy (non-hydrogen) atoms. The van der Waals surface area contributed by atoms with Gasteiger partial charge in [-0.3, -0.25) is 4.79 Å². The second-order valence-electron chi connectivity index (χ2n) is 4.76. The van der Waals surface area contributed by atoms with Gasteiger partial charge in [0.05, 0.1) is 3.57 Å². The van der Waals surface area contributed by atoms with Crippen LogP contribution in [0.5, 0.6) is 5.75 Å². The average Bonchev–Trinajstić information content (AvgIpc) is 2.48. The van der Waals surface area contributed by atoms with Crippen molar-refractivity contribution in [2.45, 2.75) is 12.8 Å². The molecule has 2 rings (SSSR count). The van der Waals surface area contributed by atoms with Crippen LogP contribution in [0.25, 0.3) is 0 Å². The van der Waals surface area contributed by atoms with Crippen molar-refractivity contribution in [3.63, 3.8) is 0 Å². The standard InChI is InChI=1S/C13H16IN3O3/c14-10-2-1-9(7-11(10)18)13(19)17-5-3-8(4-6-17)12(15)16-20/h1-2,7-8,18,20H,3-6H2,(H2,15,16). The second-order valence-corrected chi connectivity index (χ2v) is 5.92. The molecule has 1 saturated heterocycles. The fourth-order valence-corrected chi connectivity index (χ4v) is 2.62. The maximum Gasteiger partial charge on any atom is 0.253 e. The molecule has 0 spiro atoms. The zero-order valence-electron chi connectivity index (χ0n) is 10.8. The van der Waals surface area contributed by atoms with Gasteiger partial charge >= 0.3 is 0 Å². The van der Waals surface area contributed by atoms with Crippen LogP contribution in [-0.4, -0.2) is 40.0 Å². The minimum atomic E-state index is -0.102. The highest BCUT2D eigenvalue weighted by atomic mass is 127. The lowest BCUT2D eigenvalue weighted by atomic mass is 9.95. The number of benzene rings is 1. The average molecular weight is 389 g/mol. The minimum absolute atomic E-state index is 0.0224. The third kappa shape index (κ3) is 3.14. The summed E-state index contributed by atoms with van der Waals surface area (Å²) in [6.07, 6.45) is 1.36. The van der Waals surface area contributed by atoms with Crippen LogP contribution < -0.4 is 5.73 Å². The van der Waals surface area contributed by atoms with E-state index in [1.807, 2.05) is 22.6 Å². The maximum atomic E-state index is 12.3. The Kier molecular flexibility index (Phi) is 4.69. The molecule has 0 saturated carbocycles. The Balaban J connectivity index is 2.03. The largest absolute Gasteiger partial charge is 0.507 e. The zero-order valence-corrected chi connectivity index (χ0v) is 12.9. The number of amidine groups is 1. The highest BCUT2D eigenvalue weighted by molar-refractivity contribution is 14.1. The molecule has 1 heterocycles. The smallest absolute Gasteiger partial charge is 0.253 e. The quantitative estimate of drug-likeness (QED) is 0.235. The predicted octanol–water partition coefficient (Wildman–Crippen LogP) is 1.60. The summed E-state index contributed by atoms with van der Waals surface area (Å²) in [4.78, 5) is 14.0. The number of nitrogens with zero attached hydrogens (tertiary/aromatic N) is 2. The van der Waals surface area contributed by atoms with Crippen LogP contribution in [0.15, 0.2) is 23.4 Å². The van der Waals surface area contributed by atoms with Crippen LogP contribution in [0.1, 0.15) is 23.2 Å². The van der Waals surface area contributed by atoms with Gasteiger partial charge in [0.25, 0.3) is 5.91 Å². The molecular weight excluding hydrogens is 373 g/mol. The van der Waals surface area contributed by atoms with Crippen molar-refractivity contribution >= 4 is 34.3 Å². The van der Waals surface area contributed by atoms with E-state index in [-0.39, 0.29) is 23.4 Å². The molecular formula is C13H16IN3O3. The second kappa shape index (κ2) is 6.29.